The Morgan fingerprint density at radius 3 is 2.65 bits per heavy atom. The summed E-state index contributed by atoms with van der Waals surface area (Å²) in [5, 5.41) is 11.3. The molecule has 92 valence electrons. The first-order valence-corrected chi connectivity index (χ1v) is 6.03. The van der Waals surface area contributed by atoms with Crippen LogP contribution in [0.5, 0.6) is 0 Å². The van der Waals surface area contributed by atoms with E-state index in [4.69, 9.17) is 5.11 Å². The molecule has 0 bridgehead atoms. The molecule has 0 spiro atoms. The molecule has 0 aliphatic carbocycles. The minimum absolute atomic E-state index is 0.151. The maximum atomic E-state index is 11.6. The fourth-order valence-electron chi connectivity index (χ4n) is 1.23. The first-order chi connectivity index (χ1) is 8.00. The van der Waals surface area contributed by atoms with Crippen molar-refractivity contribution in [3.8, 4) is 0 Å². The van der Waals surface area contributed by atoms with Crippen LogP contribution in [0.3, 0.4) is 0 Å². The van der Waals surface area contributed by atoms with Crippen LogP contribution in [0.15, 0.2) is 28.7 Å². The average molecular weight is 300 g/mol. The molecule has 1 atom stereocenters. The van der Waals surface area contributed by atoms with E-state index in [0.29, 0.717) is 0 Å². The maximum absolute atomic E-state index is 11.6. The molecule has 17 heavy (non-hydrogen) atoms. The van der Waals surface area contributed by atoms with Crippen molar-refractivity contribution in [2.24, 2.45) is 5.92 Å². The summed E-state index contributed by atoms with van der Waals surface area (Å²) in [4.78, 5) is 22.1. The molecule has 0 heterocycles. The van der Waals surface area contributed by atoms with Crippen LogP contribution in [0.2, 0.25) is 0 Å². The molecule has 0 aliphatic rings. The van der Waals surface area contributed by atoms with Gasteiger partial charge in [-0.1, -0.05) is 41.1 Å². The van der Waals surface area contributed by atoms with Crippen molar-refractivity contribution in [1.82, 2.24) is 5.32 Å². The number of aliphatic carboxylic acids is 1. The largest absolute Gasteiger partial charge is 0.481 e. The number of benzene rings is 1. The smallest absolute Gasteiger partial charge is 0.308 e. The molecule has 0 radical (unpaired) electrons. The molecule has 2 N–H and O–H groups in total. The number of halogens is 1. The third kappa shape index (κ3) is 4.56. The monoisotopic (exact) mass is 299 g/mol. The van der Waals surface area contributed by atoms with Gasteiger partial charge in [-0.3, -0.25) is 9.59 Å². The van der Waals surface area contributed by atoms with Crippen LogP contribution in [0.1, 0.15) is 12.5 Å². The van der Waals surface area contributed by atoms with E-state index in [2.05, 4.69) is 21.2 Å². The summed E-state index contributed by atoms with van der Waals surface area (Å²) in [6, 6.07) is 7.44. The van der Waals surface area contributed by atoms with Crippen LogP contribution < -0.4 is 5.32 Å². The topological polar surface area (TPSA) is 66.4 Å². The van der Waals surface area contributed by atoms with Crippen molar-refractivity contribution in [3.05, 3.63) is 34.3 Å². The summed E-state index contributed by atoms with van der Waals surface area (Å²) in [6.07, 6.45) is 0.244. The number of carbonyl (C=O) groups excluding carboxylic acids is 1. The SMILES string of the molecule is CC(CNC(=O)Cc1ccccc1Br)C(=O)O. The van der Waals surface area contributed by atoms with Gasteiger partial charge in [-0.15, -0.1) is 0 Å². The summed E-state index contributed by atoms with van der Waals surface area (Å²) in [6.45, 7) is 1.71. The molecular weight excluding hydrogens is 286 g/mol. The van der Waals surface area contributed by atoms with Gasteiger partial charge in [0.05, 0.1) is 12.3 Å². The summed E-state index contributed by atoms with van der Waals surface area (Å²) in [7, 11) is 0. The fraction of sp³-hybridized carbons (Fsp3) is 0.333. The highest BCUT2D eigenvalue weighted by molar-refractivity contribution is 9.10. The minimum Gasteiger partial charge on any atom is -0.481 e. The van der Waals surface area contributed by atoms with Gasteiger partial charge in [0, 0.05) is 11.0 Å². The highest BCUT2D eigenvalue weighted by Crippen LogP contribution is 2.16. The molecule has 0 fully saturated rings. The van der Waals surface area contributed by atoms with E-state index in [1.807, 2.05) is 24.3 Å². The molecule has 1 aromatic carbocycles. The Kier molecular flexibility index (Phi) is 5.15. The van der Waals surface area contributed by atoms with Gasteiger partial charge in [0.25, 0.3) is 0 Å². The molecule has 0 aromatic heterocycles. The molecule has 1 aromatic rings. The third-order valence-electron chi connectivity index (χ3n) is 2.34. The summed E-state index contributed by atoms with van der Waals surface area (Å²) in [5.41, 5.74) is 0.882. The van der Waals surface area contributed by atoms with Crippen LogP contribution in [0, 0.1) is 5.92 Å². The van der Waals surface area contributed by atoms with Crippen molar-refractivity contribution in [3.63, 3.8) is 0 Å². The first-order valence-electron chi connectivity index (χ1n) is 5.23. The van der Waals surface area contributed by atoms with E-state index in [1.165, 1.54) is 0 Å². The second-order valence-electron chi connectivity index (χ2n) is 3.81. The second-order valence-corrected chi connectivity index (χ2v) is 4.67. The Balaban J connectivity index is 2.46. The van der Waals surface area contributed by atoms with Gasteiger partial charge in [-0.05, 0) is 11.6 Å². The van der Waals surface area contributed by atoms with Gasteiger partial charge in [-0.25, -0.2) is 0 Å². The number of hydrogen-bond donors (Lipinski definition) is 2. The third-order valence-corrected chi connectivity index (χ3v) is 3.11. The van der Waals surface area contributed by atoms with Gasteiger partial charge in [-0.2, -0.15) is 0 Å². The number of carbonyl (C=O) groups is 2. The number of carboxylic acids is 1. The first kappa shape index (κ1) is 13.7. The average Bonchev–Trinajstić information content (AvgIpc) is 2.29. The van der Waals surface area contributed by atoms with Crippen molar-refractivity contribution in [2.75, 3.05) is 6.54 Å². The Hall–Kier alpha value is -1.36. The van der Waals surface area contributed by atoms with E-state index in [0.717, 1.165) is 10.0 Å². The van der Waals surface area contributed by atoms with E-state index >= 15 is 0 Å². The minimum atomic E-state index is -0.911. The van der Waals surface area contributed by atoms with Crippen molar-refractivity contribution in [1.29, 1.82) is 0 Å². The van der Waals surface area contributed by atoms with Crippen LogP contribution in [-0.2, 0) is 16.0 Å². The van der Waals surface area contributed by atoms with Gasteiger partial charge in [0.1, 0.15) is 0 Å². The van der Waals surface area contributed by atoms with Crippen molar-refractivity contribution >= 4 is 27.8 Å². The second kappa shape index (κ2) is 6.39. The highest BCUT2D eigenvalue weighted by Gasteiger charge is 2.12. The molecule has 1 unspecified atom stereocenters. The Labute approximate surface area is 108 Å². The number of rotatable bonds is 5. The Bertz CT molecular complexity index is 420. The zero-order valence-corrected chi connectivity index (χ0v) is 11.0. The van der Waals surface area contributed by atoms with Gasteiger partial charge < -0.3 is 10.4 Å². The molecule has 5 heteroatoms. The van der Waals surface area contributed by atoms with E-state index in [1.54, 1.807) is 6.92 Å². The fourth-order valence-corrected chi connectivity index (χ4v) is 1.66. The molecule has 1 amide bonds. The van der Waals surface area contributed by atoms with Crippen molar-refractivity contribution < 1.29 is 14.7 Å². The predicted octanol–water partition coefficient (Wildman–Crippen LogP) is 1.83. The number of carboxylic acid groups (broad SMARTS) is 1. The van der Waals surface area contributed by atoms with Gasteiger partial charge in [0.2, 0.25) is 5.91 Å². The number of hydrogen-bond acceptors (Lipinski definition) is 2. The van der Waals surface area contributed by atoms with Crippen molar-refractivity contribution in [2.45, 2.75) is 13.3 Å². The summed E-state index contributed by atoms with van der Waals surface area (Å²) < 4.78 is 0.876. The summed E-state index contributed by atoms with van der Waals surface area (Å²) in [5.74, 6) is -1.66. The molecular formula is C12H14BrNO3. The number of nitrogens with one attached hydrogen (secondary N) is 1. The molecule has 1 rings (SSSR count). The Morgan fingerprint density at radius 2 is 2.06 bits per heavy atom. The zero-order chi connectivity index (χ0) is 12.8. The van der Waals surface area contributed by atoms with Gasteiger partial charge in [0.15, 0.2) is 0 Å². The van der Waals surface area contributed by atoms with E-state index in [-0.39, 0.29) is 18.9 Å². The van der Waals surface area contributed by atoms with Crippen LogP contribution in [0.4, 0.5) is 0 Å². The van der Waals surface area contributed by atoms with Crippen LogP contribution in [-0.4, -0.2) is 23.5 Å². The number of amides is 1. The normalized spacial score (nSPS) is 11.9. The lowest BCUT2D eigenvalue weighted by molar-refractivity contribution is -0.141. The van der Waals surface area contributed by atoms with E-state index < -0.39 is 11.9 Å². The van der Waals surface area contributed by atoms with E-state index in [9.17, 15) is 9.59 Å². The zero-order valence-electron chi connectivity index (χ0n) is 9.44. The van der Waals surface area contributed by atoms with Crippen LogP contribution >= 0.6 is 15.9 Å². The molecule has 0 aliphatic heterocycles. The lowest BCUT2D eigenvalue weighted by atomic mass is 10.1. The lowest BCUT2D eigenvalue weighted by Crippen LogP contribution is -2.32. The Morgan fingerprint density at radius 1 is 1.41 bits per heavy atom. The summed E-state index contributed by atoms with van der Waals surface area (Å²) >= 11 is 3.35. The molecule has 0 saturated carbocycles. The maximum Gasteiger partial charge on any atom is 0.308 e. The highest BCUT2D eigenvalue weighted by atomic mass is 79.9. The van der Waals surface area contributed by atoms with Crippen LogP contribution in [0.25, 0.3) is 0 Å². The predicted molar refractivity (Wildman–Crippen MR) is 67.7 cm³/mol. The van der Waals surface area contributed by atoms with Gasteiger partial charge >= 0.3 is 5.97 Å². The molecule has 0 saturated heterocycles. The molecule has 4 nitrogen and oxygen atoms in total. The standard InChI is InChI=1S/C12H14BrNO3/c1-8(12(16)17)7-14-11(15)6-9-4-2-3-5-10(9)13/h2-5,8H,6-7H2,1H3,(H,14,15)(H,16,17). The quantitative estimate of drug-likeness (QED) is 0.872. The lowest BCUT2D eigenvalue weighted by Gasteiger charge is -2.09.